The van der Waals surface area contributed by atoms with Crippen LogP contribution < -0.4 is 0 Å². The predicted octanol–water partition coefficient (Wildman–Crippen LogP) is 3.74. The van der Waals surface area contributed by atoms with E-state index in [2.05, 4.69) is 4.98 Å². The second-order valence-electron chi connectivity index (χ2n) is 7.04. The Morgan fingerprint density at radius 3 is 2.91 bits per heavy atom. The van der Waals surface area contributed by atoms with Crippen LogP contribution in [0.4, 0.5) is 4.79 Å². The molecule has 1 aliphatic rings. The zero-order valence-electron chi connectivity index (χ0n) is 14.1. The topological polar surface area (TPSA) is 54.6 Å². The van der Waals surface area contributed by atoms with Crippen LogP contribution in [0.25, 0.3) is 0 Å². The molecule has 2 rings (SSSR count). The molecule has 22 heavy (non-hydrogen) atoms. The number of likely N-dealkylation sites (tertiary alicyclic amines) is 1. The summed E-state index contributed by atoms with van der Waals surface area (Å²) in [4.78, 5) is 17.1. The second kappa shape index (κ2) is 7.18. The Hall–Kier alpha value is -1.49. The van der Waals surface area contributed by atoms with Crippen LogP contribution in [0.2, 0.25) is 0 Å². The number of nitrogens with zero attached hydrogens (tertiary/aromatic N) is 1. The molecule has 124 valence electrons. The van der Waals surface area contributed by atoms with E-state index in [9.17, 15) is 4.79 Å². The normalized spacial score (nSPS) is 20.7. The molecule has 0 saturated carbocycles. The second-order valence-corrected chi connectivity index (χ2v) is 7.04. The van der Waals surface area contributed by atoms with Crippen molar-refractivity contribution < 1.29 is 14.3 Å². The first-order valence-electron chi connectivity index (χ1n) is 8.08. The van der Waals surface area contributed by atoms with Crippen molar-refractivity contribution in [3.05, 3.63) is 24.0 Å². The average Bonchev–Trinajstić information content (AvgIpc) is 2.97. The smallest absolute Gasteiger partial charge is 0.410 e. The summed E-state index contributed by atoms with van der Waals surface area (Å²) in [6, 6.07) is 4.00. The average molecular weight is 308 g/mol. The number of aromatic nitrogens is 1. The number of aromatic amines is 1. The van der Waals surface area contributed by atoms with Crippen LogP contribution in [0.5, 0.6) is 0 Å². The third kappa shape index (κ3) is 5.05. The maximum atomic E-state index is 12.1. The molecule has 5 heteroatoms. The molecule has 1 aromatic rings. The highest BCUT2D eigenvalue weighted by atomic mass is 16.6. The fourth-order valence-electron chi connectivity index (χ4n) is 2.66. The Morgan fingerprint density at radius 2 is 2.27 bits per heavy atom. The van der Waals surface area contributed by atoms with Crippen molar-refractivity contribution in [1.29, 1.82) is 0 Å². The number of amides is 1. The third-order valence-electron chi connectivity index (χ3n) is 3.81. The van der Waals surface area contributed by atoms with E-state index in [1.807, 2.05) is 50.9 Å². The molecular weight excluding hydrogens is 280 g/mol. The van der Waals surface area contributed by atoms with Crippen molar-refractivity contribution >= 4 is 6.09 Å². The van der Waals surface area contributed by atoms with Gasteiger partial charge in [0.2, 0.25) is 0 Å². The maximum absolute atomic E-state index is 12.1. The quantitative estimate of drug-likeness (QED) is 0.922. The highest BCUT2D eigenvalue weighted by molar-refractivity contribution is 5.68. The van der Waals surface area contributed by atoms with Gasteiger partial charge in [0.15, 0.2) is 0 Å². The van der Waals surface area contributed by atoms with Gasteiger partial charge in [-0.15, -0.1) is 0 Å². The summed E-state index contributed by atoms with van der Waals surface area (Å²) < 4.78 is 11.4. The monoisotopic (exact) mass is 308 g/mol. The van der Waals surface area contributed by atoms with Crippen molar-refractivity contribution in [2.45, 2.75) is 52.2 Å². The van der Waals surface area contributed by atoms with E-state index in [-0.39, 0.29) is 12.2 Å². The lowest BCUT2D eigenvalue weighted by Crippen LogP contribution is -2.43. The van der Waals surface area contributed by atoms with Gasteiger partial charge in [-0.3, -0.25) is 0 Å². The van der Waals surface area contributed by atoms with Crippen molar-refractivity contribution in [3.63, 3.8) is 0 Å². The van der Waals surface area contributed by atoms with Gasteiger partial charge in [-0.05, 0) is 52.7 Å². The number of carbonyl (C=O) groups excluding carboxylic acids is 1. The third-order valence-corrected chi connectivity index (χ3v) is 3.81. The number of piperidine rings is 1. The summed E-state index contributed by atoms with van der Waals surface area (Å²) in [6.45, 7) is 9.89. The molecule has 0 aliphatic carbocycles. The predicted molar refractivity (Wildman–Crippen MR) is 85.7 cm³/mol. The molecule has 2 unspecified atom stereocenters. The Labute approximate surface area is 133 Å². The van der Waals surface area contributed by atoms with Crippen LogP contribution in [0.1, 0.15) is 52.3 Å². The Kier molecular flexibility index (Phi) is 5.51. The minimum Gasteiger partial charge on any atom is -0.444 e. The lowest BCUT2D eigenvalue weighted by molar-refractivity contribution is -0.00452. The summed E-state index contributed by atoms with van der Waals surface area (Å²) in [5, 5.41) is 0. The number of nitrogens with one attached hydrogen (secondary N) is 1. The van der Waals surface area contributed by atoms with Crippen molar-refractivity contribution in [2.24, 2.45) is 5.92 Å². The molecule has 2 heterocycles. The van der Waals surface area contributed by atoms with Gasteiger partial charge in [0.25, 0.3) is 0 Å². The van der Waals surface area contributed by atoms with Gasteiger partial charge >= 0.3 is 6.09 Å². The molecule has 1 fully saturated rings. The summed E-state index contributed by atoms with van der Waals surface area (Å²) in [5.74, 6) is 0.374. The SMILES string of the molecule is CC(OCC1CCCN(C(=O)OC(C)(C)C)C1)c1ccc[nH]1. The van der Waals surface area contributed by atoms with Gasteiger partial charge in [-0.1, -0.05) is 0 Å². The molecule has 1 amide bonds. The number of hydrogen-bond acceptors (Lipinski definition) is 3. The zero-order chi connectivity index (χ0) is 16.2. The standard InChI is InChI=1S/C17H28N2O3/c1-13(15-8-5-9-18-15)21-12-14-7-6-10-19(11-14)16(20)22-17(2,3)4/h5,8-9,13-14,18H,6-7,10-12H2,1-4H3. The van der Waals surface area contributed by atoms with Gasteiger partial charge in [0.1, 0.15) is 5.60 Å². The molecule has 1 aliphatic heterocycles. The number of hydrogen-bond donors (Lipinski definition) is 1. The largest absolute Gasteiger partial charge is 0.444 e. The minimum absolute atomic E-state index is 0.0481. The lowest BCUT2D eigenvalue weighted by atomic mass is 9.99. The maximum Gasteiger partial charge on any atom is 0.410 e. The number of ether oxygens (including phenoxy) is 2. The van der Waals surface area contributed by atoms with E-state index >= 15 is 0 Å². The minimum atomic E-state index is -0.442. The molecule has 0 radical (unpaired) electrons. The van der Waals surface area contributed by atoms with Crippen LogP contribution in [0.15, 0.2) is 18.3 Å². The van der Waals surface area contributed by atoms with Gasteiger partial charge < -0.3 is 19.4 Å². The van der Waals surface area contributed by atoms with Crippen LogP contribution in [-0.4, -0.2) is 41.3 Å². The first-order valence-corrected chi connectivity index (χ1v) is 8.08. The zero-order valence-corrected chi connectivity index (χ0v) is 14.1. The van der Waals surface area contributed by atoms with Gasteiger partial charge in [0.05, 0.1) is 12.7 Å². The summed E-state index contributed by atoms with van der Waals surface area (Å²) in [7, 11) is 0. The Morgan fingerprint density at radius 1 is 1.50 bits per heavy atom. The van der Waals surface area contributed by atoms with Crippen molar-refractivity contribution in [2.75, 3.05) is 19.7 Å². The molecule has 0 spiro atoms. The van der Waals surface area contributed by atoms with Crippen molar-refractivity contribution in [3.8, 4) is 0 Å². The molecule has 5 nitrogen and oxygen atoms in total. The first kappa shape index (κ1) is 16.9. The van der Waals surface area contributed by atoms with E-state index in [4.69, 9.17) is 9.47 Å². The number of carbonyl (C=O) groups is 1. The van der Waals surface area contributed by atoms with Crippen molar-refractivity contribution in [1.82, 2.24) is 9.88 Å². The van der Waals surface area contributed by atoms with Crippen LogP contribution in [0, 0.1) is 5.92 Å². The summed E-state index contributed by atoms with van der Waals surface area (Å²) in [6.07, 6.45) is 3.84. The van der Waals surface area contributed by atoms with E-state index in [0.717, 1.165) is 25.1 Å². The summed E-state index contributed by atoms with van der Waals surface area (Å²) in [5.41, 5.74) is 0.641. The molecule has 1 saturated heterocycles. The summed E-state index contributed by atoms with van der Waals surface area (Å²) >= 11 is 0. The van der Waals surface area contributed by atoms with E-state index in [1.54, 1.807) is 0 Å². The number of H-pyrrole nitrogens is 1. The van der Waals surface area contributed by atoms with Gasteiger partial charge in [0, 0.05) is 30.9 Å². The van der Waals surface area contributed by atoms with Gasteiger partial charge in [-0.25, -0.2) is 4.79 Å². The first-order chi connectivity index (χ1) is 10.3. The Balaban J connectivity index is 1.79. The van der Waals surface area contributed by atoms with Gasteiger partial charge in [-0.2, -0.15) is 0 Å². The highest BCUT2D eigenvalue weighted by Crippen LogP contribution is 2.22. The Bertz CT molecular complexity index is 465. The van der Waals surface area contributed by atoms with Crippen LogP contribution >= 0.6 is 0 Å². The van der Waals surface area contributed by atoms with Crippen LogP contribution in [-0.2, 0) is 9.47 Å². The lowest BCUT2D eigenvalue weighted by Gasteiger charge is -2.34. The number of rotatable bonds is 4. The van der Waals surface area contributed by atoms with E-state index in [1.165, 1.54) is 0 Å². The van der Waals surface area contributed by atoms with E-state index in [0.29, 0.717) is 19.1 Å². The molecular formula is C17H28N2O3. The fraction of sp³-hybridized carbons (Fsp3) is 0.706. The van der Waals surface area contributed by atoms with E-state index < -0.39 is 5.60 Å². The molecule has 1 aromatic heterocycles. The highest BCUT2D eigenvalue weighted by Gasteiger charge is 2.28. The molecule has 1 N–H and O–H groups in total. The van der Waals surface area contributed by atoms with Crippen LogP contribution in [0.3, 0.4) is 0 Å². The molecule has 0 bridgehead atoms. The molecule has 0 aromatic carbocycles. The fourth-order valence-corrected chi connectivity index (χ4v) is 2.66. The molecule has 2 atom stereocenters.